The van der Waals surface area contributed by atoms with Crippen LogP contribution >= 0.6 is 0 Å². The summed E-state index contributed by atoms with van der Waals surface area (Å²) in [6.07, 6.45) is 3.85. The van der Waals surface area contributed by atoms with Gasteiger partial charge in [-0.2, -0.15) is 0 Å². The first kappa shape index (κ1) is 9.80. The van der Waals surface area contributed by atoms with E-state index in [1.165, 1.54) is 0 Å². The van der Waals surface area contributed by atoms with Gasteiger partial charge in [-0.3, -0.25) is 4.21 Å². The maximum atomic E-state index is 12.0. The predicted octanol–water partition coefficient (Wildman–Crippen LogP) is 0.941. The highest BCUT2D eigenvalue weighted by Gasteiger charge is 2.21. The average molecular weight is 210 g/mol. The number of nitrogens with one attached hydrogen (secondary N) is 1. The Morgan fingerprint density at radius 1 is 1.50 bits per heavy atom. The number of pyridine rings is 1. The van der Waals surface area contributed by atoms with Crippen LogP contribution in [0.5, 0.6) is 0 Å². The monoisotopic (exact) mass is 210 g/mol. The molecular weight excluding hydrogens is 196 g/mol. The van der Waals surface area contributed by atoms with E-state index in [0.29, 0.717) is 5.03 Å². The van der Waals surface area contributed by atoms with Crippen molar-refractivity contribution < 1.29 is 4.21 Å². The summed E-state index contributed by atoms with van der Waals surface area (Å²) in [6.45, 7) is 1.90. The van der Waals surface area contributed by atoms with Gasteiger partial charge in [0.25, 0.3) is 0 Å². The molecule has 2 heterocycles. The summed E-state index contributed by atoms with van der Waals surface area (Å²) in [6, 6.07) is 5.57. The summed E-state index contributed by atoms with van der Waals surface area (Å²) in [4.78, 5) is 4.13. The van der Waals surface area contributed by atoms with Gasteiger partial charge in [0.1, 0.15) is 5.03 Å². The first-order valence-corrected chi connectivity index (χ1v) is 6.11. The highest BCUT2D eigenvalue weighted by molar-refractivity contribution is 7.85. The molecule has 1 saturated heterocycles. The van der Waals surface area contributed by atoms with Crippen molar-refractivity contribution in [3.05, 3.63) is 24.4 Å². The zero-order valence-electron chi connectivity index (χ0n) is 7.98. The van der Waals surface area contributed by atoms with Crippen LogP contribution in [0, 0.1) is 0 Å². The van der Waals surface area contributed by atoms with Crippen molar-refractivity contribution in [2.24, 2.45) is 0 Å². The van der Waals surface area contributed by atoms with E-state index in [1.807, 2.05) is 18.2 Å². The standard InChI is InChI=1S/C10H14N2OS/c13-14(9-4-3-6-11-8-9)10-5-1-2-7-12-10/h1-2,5,7,9,11H,3-4,6,8H2. The summed E-state index contributed by atoms with van der Waals surface area (Å²) >= 11 is 0. The molecule has 2 atom stereocenters. The van der Waals surface area contributed by atoms with E-state index in [0.717, 1.165) is 25.9 Å². The fourth-order valence-corrected chi connectivity index (χ4v) is 3.01. The molecule has 3 nitrogen and oxygen atoms in total. The lowest BCUT2D eigenvalue weighted by atomic mass is 10.2. The van der Waals surface area contributed by atoms with Gasteiger partial charge in [0.15, 0.2) is 0 Å². The van der Waals surface area contributed by atoms with Crippen molar-refractivity contribution in [2.45, 2.75) is 23.1 Å². The molecule has 14 heavy (non-hydrogen) atoms. The molecule has 0 amide bonds. The Morgan fingerprint density at radius 2 is 2.43 bits per heavy atom. The van der Waals surface area contributed by atoms with Crippen molar-refractivity contribution in [2.75, 3.05) is 13.1 Å². The Kier molecular flexibility index (Phi) is 3.26. The van der Waals surface area contributed by atoms with Crippen LogP contribution in [-0.4, -0.2) is 27.5 Å². The van der Waals surface area contributed by atoms with Gasteiger partial charge < -0.3 is 5.32 Å². The molecule has 0 bridgehead atoms. The molecular formula is C10H14N2OS. The van der Waals surface area contributed by atoms with Gasteiger partial charge in [-0.15, -0.1) is 0 Å². The molecule has 0 saturated carbocycles. The van der Waals surface area contributed by atoms with Gasteiger partial charge >= 0.3 is 0 Å². The van der Waals surface area contributed by atoms with Crippen LogP contribution in [-0.2, 0) is 10.8 Å². The van der Waals surface area contributed by atoms with Crippen LogP contribution in [0.2, 0.25) is 0 Å². The summed E-state index contributed by atoms with van der Waals surface area (Å²) in [5, 5.41) is 4.21. The van der Waals surface area contributed by atoms with Crippen LogP contribution in [0.1, 0.15) is 12.8 Å². The van der Waals surface area contributed by atoms with Gasteiger partial charge in [0.05, 0.1) is 16.0 Å². The highest BCUT2D eigenvalue weighted by Crippen LogP contribution is 2.14. The Hall–Kier alpha value is -0.740. The van der Waals surface area contributed by atoms with Gasteiger partial charge in [-0.1, -0.05) is 6.07 Å². The third kappa shape index (κ3) is 2.19. The zero-order chi connectivity index (χ0) is 9.80. The second-order valence-electron chi connectivity index (χ2n) is 3.43. The zero-order valence-corrected chi connectivity index (χ0v) is 8.80. The number of piperidine rings is 1. The highest BCUT2D eigenvalue weighted by atomic mass is 32.2. The lowest BCUT2D eigenvalue weighted by Crippen LogP contribution is -2.36. The molecule has 76 valence electrons. The molecule has 0 aromatic carbocycles. The van der Waals surface area contributed by atoms with Crippen LogP contribution in [0.25, 0.3) is 0 Å². The normalized spacial score (nSPS) is 24.4. The number of hydrogen-bond donors (Lipinski definition) is 1. The minimum Gasteiger partial charge on any atom is -0.316 e. The molecule has 1 aliphatic rings. The second-order valence-corrected chi connectivity index (χ2v) is 5.11. The molecule has 1 aromatic heterocycles. The van der Waals surface area contributed by atoms with E-state index < -0.39 is 10.8 Å². The number of rotatable bonds is 2. The third-order valence-corrected chi connectivity index (χ3v) is 4.06. The molecule has 1 N–H and O–H groups in total. The smallest absolute Gasteiger partial charge is 0.127 e. The van der Waals surface area contributed by atoms with E-state index in [1.54, 1.807) is 6.20 Å². The van der Waals surface area contributed by atoms with Gasteiger partial charge in [0, 0.05) is 12.7 Å². The second kappa shape index (κ2) is 4.66. The SMILES string of the molecule is O=S(c1ccccn1)C1CCCNC1. The van der Waals surface area contributed by atoms with Crippen molar-refractivity contribution in [1.82, 2.24) is 10.3 Å². The molecule has 2 unspecified atom stereocenters. The Balaban J connectivity index is 2.07. The average Bonchev–Trinajstić information content (AvgIpc) is 2.30. The van der Waals surface area contributed by atoms with Crippen LogP contribution in [0.15, 0.2) is 29.4 Å². The summed E-state index contributed by atoms with van der Waals surface area (Å²) in [7, 11) is -0.943. The summed E-state index contributed by atoms with van der Waals surface area (Å²) in [5.74, 6) is 0. The third-order valence-electron chi connectivity index (χ3n) is 2.40. The first-order chi connectivity index (χ1) is 6.88. The van der Waals surface area contributed by atoms with E-state index >= 15 is 0 Å². The summed E-state index contributed by atoms with van der Waals surface area (Å²) < 4.78 is 12.0. The van der Waals surface area contributed by atoms with E-state index in [4.69, 9.17) is 0 Å². The molecule has 1 fully saturated rings. The van der Waals surface area contributed by atoms with Crippen molar-refractivity contribution in [1.29, 1.82) is 0 Å². The molecule has 0 aliphatic carbocycles. The number of nitrogens with zero attached hydrogens (tertiary/aromatic N) is 1. The molecule has 4 heteroatoms. The van der Waals surface area contributed by atoms with Crippen LogP contribution < -0.4 is 5.32 Å². The Bertz CT molecular complexity index is 309. The predicted molar refractivity (Wildman–Crippen MR) is 56.5 cm³/mol. The maximum Gasteiger partial charge on any atom is 0.127 e. The van der Waals surface area contributed by atoms with Gasteiger partial charge in [-0.05, 0) is 31.5 Å². The van der Waals surface area contributed by atoms with Gasteiger partial charge in [-0.25, -0.2) is 4.98 Å². The van der Waals surface area contributed by atoms with E-state index in [-0.39, 0.29) is 5.25 Å². The lowest BCUT2D eigenvalue weighted by Gasteiger charge is -2.21. The molecule has 0 radical (unpaired) electrons. The van der Waals surface area contributed by atoms with E-state index in [9.17, 15) is 4.21 Å². The van der Waals surface area contributed by atoms with Crippen molar-refractivity contribution in [3.63, 3.8) is 0 Å². The topological polar surface area (TPSA) is 42.0 Å². The first-order valence-electron chi connectivity index (χ1n) is 4.90. The molecule has 2 rings (SSSR count). The fraction of sp³-hybridized carbons (Fsp3) is 0.500. The van der Waals surface area contributed by atoms with Crippen LogP contribution in [0.3, 0.4) is 0 Å². The number of aromatic nitrogens is 1. The maximum absolute atomic E-state index is 12.0. The quantitative estimate of drug-likeness (QED) is 0.790. The van der Waals surface area contributed by atoms with Gasteiger partial charge in [0.2, 0.25) is 0 Å². The number of hydrogen-bond acceptors (Lipinski definition) is 3. The van der Waals surface area contributed by atoms with E-state index in [2.05, 4.69) is 10.3 Å². The molecule has 1 aromatic rings. The fourth-order valence-electron chi connectivity index (χ4n) is 1.64. The lowest BCUT2D eigenvalue weighted by molar-refractivity contribution is 0.519. The van der Waals surface area contributed by atoms with Crippen LogP contribution in [0.4, 0.5) is 0 Å². The Labute approximate surface area is 86.4 Å². The molecule has 1 aliphatic heterocycles. The minimum atomic E-state index is -0.943. The largest absolute Gasteiger partial charge is 0.316 e. The van der Waals surface area contributed by atoms with Crippen molar-refractivity contribution >= 4 is 10.8 Å². The Morgan fingerprint density at radius 3 is 3.07 bits per heavy atom. The molecule has 0 spiro atoms. The summed E-state index contributed by atoms with van der Waals surface area (Å²) in [5.41, 5.74) is 0. The van der Waals surface area contributed by atoms with Crippen molar-refractivity contribution in [3.8, 4) is 0 Å². The minimum absolute atomic E-state index is 0.235.